The predicted octanol–water partition coefficient (Wildman–Crippen LogP) is 3.43. The summed E-state index contributed by atoms with van der Waals surface area (Å²) in [5, 5.41) is 7.65. The van der Waals surface area contributed by atoms with Gasteiger partial charge >= 0.3 is 0 Å². The molecule has 100 valence electrons. The van der Waals surface area contributed by atoms with E-state index in [1.807, 2.05) is 38.2 Å². The minimum Gasteiger partial charge on any atom is -0.326 e. The van der Waals surface area contributed by atoms with E-state index in [2.05, 4.69) is 10.4 Å². The van der Waals surface area contributed by atoms with Gasteiger partial charge in [-0.2, -0.15) is 5.10 Å². The van der Waals surface area contributed by atoms with Crippen molar-refractivity contribution in [2.45, 2.75) is 26.3 Å². The summed E-state index contributed by atoms with van der Waals surface area (Å²) < 4.78 is 1.77. The second-order valence-corrected chi connectivity index (χ2v) is 4.91. The van der Waals surface area contributed by atoms with Crippen LogP contribution in [0.5, 0.6) is 0 Å². The van der Waals surface area contributed by atoms with Crippen LogP contribution >= 0.6 is 11.6 Å². The molecule has 2 aromatic rings. The van der Waals surface area contributed by atoms with Gasteiger partial charge in [0.1, 0.15) is 0 Å². The number of hydrogen-bond acceptors (Lipinski definition) is 2. The molecule has 19 heavy (non-hydrogen) atoms. The summed E-state index contributed by atoms with van der Waals surface area (Å²) in [6, 6.07) is 7.34. The average molecular weight is 278 g/mol. The SMILES string of the molecule is Cc1c(Cl)cccc1NC(=O)C[C@H](C)n1cccn1. The number of nitrogens with zero attached hydrogens (tertiary/aromatic N) is 2. The van der Waals surface area contributed by atoms with E-state index < -0.39 is 0 Å². The van der Waals surface area contributed by atoms with Crippen LogP contribution in [-0.4, -0.2) is 15.7 Å². The second kappa shape index (κ2) is 5.89. The standard InChI is InChI=1S/C14H16ClN3O/c1-10(18-8-4-7-16-18)9-14(19)17-13-6-3-5-12(15)11(13)2/h3-8,10H,9H2,1-2H3,(H,17,19)/t10-/m0/s1. The van der Waals surface area contributed by atoms with Crippen molar-refractivity contribution < 1.29 is 4.79 Å². The van der Waals surface area contributed by atoms with Crippen LogP contribution in [0.25, 0.3) is 0 Å². The fraction of sp³-hybridized carbons (Fsp3) is 0.286. The van der Waals surface area contributed by atoms with E-state index in [0.717, 1.165) is 11.3 Å². The summed E-state index contributed by atoms with van der Waals surface area (Å²) in [5.74, 6) is -0.0478. The van der Waals surface area contributed by atoms with Crippen LogP contribution in [0.3, 0.4) is 0 Å². The van der Waals surface area contributed by atoms with Crippen molar-refractivity contribution in [3.63, 3.8) is 0 Å². The third-order valence-corrected chi connectivity index (χ3v) is 3.41. The predicted molar refractivity (Wildman–Crippen MR) is 76.4 cm³/mol. The Labute approximate surface area is 117 Å². The molecule has 0 aliphatic rings. The van der Waals surface area contributed by atoms with Gasteiger partial charge in [-0.1, -0.05) is 17.7 Å². The number of carbonyl (C=O) groups excluding carboxylic acids is 1. The van der Waals surface area contributed by atoms with Gasteiger partial charge in [0.25, 0.3) is 0 Å². The van der Waals surface area contributed by atoms with E-state index in [1.54, 1.807) is 16.9 Å². The van der Waals surface area contributed by atoms with Crippen LogP contribution in [0.4, 0.5) is 5.69 Å². The van der Waals surface area contributed by atoms with Gasteiger partial charge in [-0.15, -0.1) is 0 Å². The van der Waals surface area contributed by atoms with Crippen molar-refractivity contribution in [3.05, 3.63) is 47.2 Å². The lowest BCUT2D eigenvalue weighted by Gasteiger charge is -2.13. The molecule has 1 heterocycles. The van der Waals surface area contributed by atoms with Crippen molar-refractivity contribution >= 4 is 23.2 Å². The molecule has 0 fully saturated rings. The number of carbonyl (C=O) groups is 1. The highest BCUT2D eigenvalue weighted by Gasteiger charge is 2.12. The van der Waals surface area contributed by atoms with Crippen molar-refractivity contribution in [2.24, 2.45) is 0 Å². The number of amides is 1. The monoisotopic (exact) mass is 277 g/mol. The topological polar surface area (TPSA) is 46.9 Å². The molecule has 0 bridgehead atoms. The Morgan fingerprint density at radius 3 is 2.95 bits per heavy atom. The van der Waals surface area contributed by atoms with Crippen LogP contribution < -0.4 is 5.32 Å². The Morgan fingerprint density at radius 1 is 1.47 bits per heavy atom. The molecule has 0 saturated carbocycles. The summed E-state index contributed by atoms with van der Waals surface area (Å²) in [6.07, 6.45) is 3.92. The molecule has 1 atom stereocenters. The van der Waals surface area contributed by atoms with Gasteiger partial charge in [0, 0.05) is 29.5 Å². The number of anilines is 1. The van der Waals surface area contributed by atoms with Crippen LogP contribution in [0, 0.1) is 6.92 Å². The van der Waals surface area contributed by atoms with Crippen molar-refractivity contribution in [1.29, 1.82) is 0 Å². The number of rotatable bonds is 4. The first-order valence-electron chi connectivity index (χ1n) is 6.12. The number of hydrogen-bond donors (Lipinski definition) is 1. The fourth-order valence-corrected chi connectivity index (χ4v) is 2.02. The lowest BCUT2D eigenvalue weighted by Crippen LogP contribution is -2.18. The Morgan fingerprint density at radius 2 is 2.26 bits per heavy atom. The van der Waals surface area contributed by atoms with Gasteiger partial charge in [-0.3, -0.25) is 9.48 Å². The van der Waals surface area contributed by atoms with Crippen LogP contribution in [0.15, 0.2) is 36.7 Å². The highest BCUT2D eigenvalue weighted by atomic mass is 35.5. The highest BCUT2D eigenvalue weighted by Crippen LogP contribution is 2.23. The quantitative estimate of drug-likeness (QED) is 0.931. The fourth-order valence-electron chi connectivity index (χ4n) is 1.85. The molecule has 0 radical (unpaired) electrons. The minimum absolute atomic E-state index is 0.0227. The Hall–Kier alpha value is -1.81. The van der Waals surface area contributed by atoms with Crippen LogP contribution in [0.2, 0.25) is 5.02 Å². The number of halogens is 1. The highest BCUT2D eigenvalue weighted by molar-refractivity contribution is 6.31. The van der Waals surface area contributed by atoms with E-state index in [4.69, 9.17) is 11.6 Å². The molecule has 0 aliphatic carbocycles. The van der Waals surface area contributed by atoms with E-state index >= 15 is 0 Å². The van der Waals surface area contributed by atoms with Crippen LogP contribution in [0.1, 0.15) is 24.9 Å². The number of aromatic nitrogens is 2. The lowest BCUT2D eigenvalue weighted by atomic mass is 10.2. The summed E-state index contributed by atoms with van der Waals surface area (Å²) in [4.78, 5) is 12.0. The van der Waals surface area contributed by atoms with Gasteiger partial charge in [-0.05, 0) is 37.6 Å². The molecule has 2 rings (SSSR count). The Kier molecular flexibility index (Phi) is 4.22. The molecule has 5 heteroatoms. The maximum absolute atomic E-state index is 12.0. The normalized spacial score (nSPS) is 12.2. The third kappa shape index (κ3) is 3.35. The minimum atomic E-state index is -0.0478. The van der Waals surface area contributed by atoms with Crippen molar-refractivity contribution in [1.82, 2.24) is 9.78 Å². The molecule has 0 aliphatic heterocycles. The summed E-state index contributed by atoms with van der Waals surface area (Å²) in [6.45, 7) is 3.84. The molecule has 1 aromatic heterocycles. The third-order valence-electron chi connectivity index (χ3n) is 3.00. The first-order chi connectivity index (χ1) is 9.08. The second-order valence-electron chi connectivity index (χ2n) is 4.50. The largest absolute Gasteiger partial charge is 0.326 e. The molecule has 1 amide bonds. The van der Waals surface area contributed by atoms with E-state index in [0.29, 0.717) is 11.4 Å². The molecular formula is C14H16ClN3O. The number of nitrogens with one attached hydrogen (secondary N) is 1. The molecule has 0 unspecified atom stereocenters. The molecule has 0 saturated heterocycles. The van der Waals surface area contributed by atoms with Crippen LogP contribution in [-0.2, 0) is 4.79 Å². The Balaban J connectivity index is 2.00. The summed E-state index contributed by atoms with van der Waals surface area (Å²) in [5.41, 5.74) is 1.63. The molecule has 0 spiro atoms. The van der Waals surface area contributed by atoms with Gasteiger partial charge in [0.15, 0.2) is 0 Å². The zero-order valence-electron chi connectivity index (χ0n) is 10.9. The maximum atomic E-state index is 12.0. The summed E-state index contributed by atoms with van der Waals surface area (Å²) in [7, 11) is 0. The maximum Gasteiger partial charge on any atom is 0.226 e. The molecule has 4 nitrogen and oxygen atoms in total. The first-order valence-corrected chi connectivity index (χ1v) is 6.50. The van der Waals surface area contributed by atoms with Crippen molar-refractivity contribution in [3.8, 4) is 0 Å². The molecular weight excluding hydrogens is 262 g/mol. The van der Waals surface area contributed by atoms with E-state index in [1.165, 1.54) is 0 Å². The van der Waals surface area contributed by atoms with E-state index in [9.17, 15) is 4.79 Å². The van der Waals surface area contributed by atoms with Gasteiger partial charge in [0.2, 0.25) is 5.91 Å². The Bertz CT molecular complexity index is 566. The zero-order valence-corrected chi connectivity index (χ0v) is 11.7. The molecule has 1 aromatic carbocycles. The summed E-state index contributed by atoms with van der Waals surface area (Å²) >= 11 is 6.02. The number of benzene rings is 1. The molecule has 1 N–H and O–H groups in total. The van der Waals surface area contributed by atoms with Gasteiger partial charge in [0.05, 0.1) is 6.04 Å². The average Bonchev–Trinajstić information content (AvgIpc) is 2.88. The smallest absolute Gasteiger partial charge is 0.226 e. The lowest BCUT2D eigenvalue weighted by molar-refractivity contribution is -0.116. The zero-order chi connectivity index (χ0) is 13.8. The van der Waals surface area contributed by atoms with E-state index in [-0.39, 0.29) is 11.9 Å². The van der Waals surface area contributed by atoms with Gasteiger partial charge in [-0.25, -0.2) is 0 Å². The van der Waals surface area contributed by atoms with Crippen molar-refractivity contribution in [2.75, 3.05) is 5.32 Å². The van der Waals surface area contributed by atoms with Gasteiger partial charge < -0.3 is 5.32 Å². The first kappa shape index (κ1) is 13.6.